The van der Waals surface area contributed by atoms with E-state index in [1.54, 1.807) is 0 Å². The zero-order valence-electron chi connectivity index (χ0n) is 8.06. The molecule has 1 aliphatic heterocycles. The van der Waals surface area contributed by atoms with E-state index in [-0.39, 0.29) is 6.54 Å². The SMILES string of the molecule is CS(=O)(=O)N1CCNCC(C(N)=O)C1. The molecular formula is C7H15N3O3S. The fourth-order valence-electron chi connectivity index (χ4n) is 1.37. The van der Waals surface area contributed by atoms with Gasteiger partial charge in [-0.15, -0.1) is 0 Å². The summed E-state index contributed by atoms with van der Waals surface area (Å²) in [5.74, 6) is -0.903. The number of carbonyl (C=O) groups excluding carboxylic acids is 1. The maximum absolute atomic E-state index is 11.3. The molecule has 0 aliphatic carbocycles. The first-order valence-corrected chi connectivity index (χ1v) is 6.21. The van der Waals surface area contributed by atoms with E-state index in [9.17, 15) is 13.2 Å². The highest BCUT2D eigenvalue weighted by molar-refractivity contribution is 7.88. The van der Waals surface area contributed by atoms with Gasteiger partial charge in [0.15, 0.2) is 0 Å². The third-order valence-corrected chi connectivity index (χ3v) is 3.49. The van der Waals surface area contributed by atoms with Crippen LogP contribution < -0.4 is 11.1 Å². The van der Waals surface area contributed by atoms with Crippen LogP contribution in [0.4, 0.5) is 0 Å². The lowest BCUT2D eigenvalue weighted by atomic mass is 10.1. The Morgan fingerprint density at radius 2 is 2.21 bits per heavy atom. The zero-order chi connectivity index (χ0) is 10.8. The maximum atomic E-state index is 11.3. The van der Waals surface area contributed by atoms with Gasteiger partial charge < -0.3 is 11.1 Å². The van der Waals surface area contributed by atoms with Crippen molar-refractivity contribution in [1.82, 2.24) is 9.62 Å². The van der Waals surface area contributed by atoms with Crippen molar-refractivity contribution in [3.8, 4) is 0 Å². The molecule has 1 amide bonds. The number of carbonyl (C=O) groups is 1. The number of nitrogens with zero attached hydrogens (tertiary/aromatic N) is 1. The summed E-state index contributed by atoms with van der Waals surface area (Å²) in [5, 5.41) is 2.97. The minimum absolute atomic E-state index is 0.182. The van der Waals surface area contributed by atoms with Crippen LogP contribution in [0.25, 0.3) is 0 Å². The molecule has 1 fully saturated rings. The predicted octanol–water partition coefficient (Wildman–Crippen LogP) is -2.05. The summed E-state index contributed by atoms with van der Waals surface area (Å²) in [6, 6.07) is 0. The third-order valence-electron chi connectivity index (χ3n) is 2.22. The first-order chi connectivity index (χ1) is 6.41. The largest absolute Gasteiger partial charge is 0.369 e. The van der Waals surface area contributed by atoms with E-state index in [2.05, 4.69) is 5.32 Å². The number of hydrogen-bond acceptors (Lipinski definition) is 4. The van der Waals surface area contributed by atoms with Gasteiger partial charge in [-0.2, -0.15) is 0 Å². The van der Waals surface area contributed by atoms with Gasteiger partial charge in [-0.1, -0.05) is 0 Å². The van der Waals surface area contributed by atoms with Crippen LogP contribution in [0.5, 0.6) is 0 Å². The van der Waals surface area contributed by atoms with E-state index in [1.807, 2.05) is 0 Å². The molecule has 1 heterocycles. The number of primary amides is 1. The van der Waals surface area contributed by atoms with Crippen molar-refractivity contribution in [3.63, 3.8) is 0 Å². The van der Waals surface area contributed by atoms with E-state index >= 15 is 0 Å². The van der Waals surface area contributed by atoms with Crippen molar-refractivity contribution in [2.75, 3.05) is 32.4 Å². The van der Waals surface area contributed by atoms with Crippen LogP contribution in [0.3, 0.4) is 0 Å². The van der Waals surface area contributed by atoms with Crippen molar-refractivity contribution < 1.29 is 13.2 Å². The molecule has 0 aromatic rings. The van der Waals surface area contributed by atoms with Gasteiger partial charge in [0.05, 0.1) is 12.2 Å². The second-order valence-corrected chi connectivity index (χ2v) is 5.41. The molecule has 0 bridgehead atoms. The Kier molecular flexibility index (Phi) is 3.46. The topological polar surface area (TPSA) is 92.5 Å². The average Bonchev–Trinajstić information content (AvgIpc) is 2.26. The van der Waals surface area contributed by atoms with Crippen LogP contribution >= 0.6 is 0 Å². The average molecular weight is 221 g/mol. The smallest absolute Gasteiger partial charge is 0.223 e. The minimum Gasteiger partial charge on any atom is -0.369 e. The highest BCUT2D eigenvalue weighted by Gasteiger charge is 2.26. The van der Waals surface area contributed by atoms with Gasteiger partial charge in [-0.25, -0.2) is 12.7 Å². The van der Waals surface area contributed by atoms with Crippen LogP contribution in [0.2, 0.25) is 0 Å². The molecule has 1 rings (SSSR count). The number of sulfonamides is 1. The highest BCUT2D eigenvalue weighted by Crippen LogP contribution is 2.06. The lowest BCUT2D eigenvalue weighted by Gasteiger charge is -2.19. The Bertz CT molecular complexity index is 314. The Balaban J connectivity index is 2.75. The first-order valence-electron chi connectivity index (χ1n) is 4.36. The predicted molar refractivity (Wildman–Crippen MR) is 52.0 cm³/mol. The van der Waals surface area contributed by atoms with Crippen LogP contribution in [-0.4, -0.2) is 51.1 Å². The van der Waals surface area contributed by atoms with Gasteiger partial charge in [0.2, 0.25) is 15.9 Å². The summed E-state index contributed by atoms with van der Waals surface area (Å²) in [6.07, 6.45) is 1.14. The monoisotopic (exact) mass is 221 g/mol. The van der Waals surface area contributed by atoms with Crippen molar-refractivity contribution >= 4 is 15.9 Å². The van der Waals surface area contributed by atoms with Crippen molar-refractivity contribution in [1.29, 1.82) is 0 Å². The Hall–Kier alpha value is -0.660. The molecule has 6 nitrogen and oxygen atoms in total. The van der Waals surface area contributed by atoms with E-state index in [1.165, 1.54) is 4.31 Å². The molecule has 0 spiro atoms. The quantitative estimate of drug-likeness (QED) is 0.561. The van der Waals surface area contributed by atoms with Crippen molar-refractivity contribution in [3.05, 3.63) is 0 Å². The van der Waals surface area contributed by atoms with Crippen LogP contribution in [0.1, 0.15) is 0 Å². The molecule has 0 aromatic carbocycles. The van der Waals surface area contributed by atoms with Crippen LogP contribution in [-0.2, 0) is 14.8 Å². The molecule has 1 atom stereocenters. The molecule has 7 heteroatoms. The lowest BCUT2D eigenvalue weighted by Crippen LogP contribution is -2.39. The second kappa shape index (κ2) is 4.24. The molecule has 0 aromatic heterocycles. The molecule has 0 radical (unpaired) electrons. The molecular weight excluding hydrogens is 206 g/mol. The van der Waals surface area contributed by atoms with Crippen molar-refractivity contribution in [2.24, 2.45) is 11.7 Å². The minimum atomic E-state index is -3.23. The zero-order valence-corrected chi connectivity index (χ0v) is 8.88. The van der Waals surface area contributed by atoms with Gasteiger partial charge in [0, 0.05) is 26.2 Å². The fraction of sp³-hybridized carbons (Fsp3) is 0.857. The number of nitrogens with one attached hydrogen (secondary N) is 1. The van der Waals surface area contributed by atoms with Crippen LogP contribution in [0.15, 0.2) is 0 Å². The lowest BCUT2D eigenvalue weighted by molar-refractivity contribution is -0.121. The molecule has 0 saturated carbocycles. The molecule has 1 saturated heterocycles. The molecule has 14 heavy (non-hydrogen) atoms. The summed E-state index contributed by atoms with van der Waals surface area (Å²) in [5.41, 5.74) is 5.14. The summed E-state index contributed by atoms with van der Waals surface area (Å²) in [4.78, 5) is 10.9. The Morgan fingerprint density at radius 1 is 1.57 bits per heavy atom. The summed E-state index contributed by atoms with van der Waals surface area (Å²) in [6.45, 7) is 1.57. The van der Waals surface area contributed by atoms with Crippen LogP contribution in [0, 0.1) is 5.92 Å². The number of hydrogen-bond donors (Lipinski definition) is 2. The Labute approximate surface area is 83.5 Å². The molecule has 3 N–H and O–H groups in total. The standard InChI is InChI=1S/C7H15N3O3S/c1-14(12,13)10-3-2-9-4-6(5-10)7(8)11/h6,9H,2-5H2,1H3,(H2,8,11). The summed E-state index contributed by atoms with van der Waals surface area (Å²) < 4.78 is 23.8. The molecule has 82 valence electrons. The van der Waals surface area contributed by atoms with E-state index < -0.39 is 21.8 Å². The first kappa shape index (κ1) is 11.4. The normalized spacial score (nSPS) is 25.6. The number of rotatable bonds is 2. The maximum Gasteiger partial charge on any atom is 0.223 e. The van der Waals surface area contributed by atoms with E-state index in [4.69, 9.17) is 5.73 Å². The second-order valence-electron chi connectivity index (χ2n) is 3.42. The summed E-state index contributed by atoms with van der Waals surface area (Å²) >= 11 is 0. The van der Waals surface area contributed by atoms with Gasteiger partial charge in [-0.3, -0.25) is 4.79 Å². The highest BCUT2D eigenvalue weighted by atomic mass is 32.2. The van der Waals surface area contributed by atoms with Gasteiger partial charge in [0.1, 0.15) is 0 Å². The fourth-order valence-corrected chi connectivity index (χ4v) is 2.25. The van der Waals surface area contributed by atoms with Gasteiger partial charge in [-0.05, 0) is 0 Å². The third kappa shape index (κ3) is 2.93. The van der Waals surface area contributed by atoms with Gasteiger partial charge >= 0.3 is 0 Å². The number of amides is 1. The van der Waals surface area contributed by atoms with Gasteiger partial charge in [0.25, 0.3) is 0 Å². The Morgan fingerprint density at radius 3 is 2.71 bits per heavy atom. The molecule has 1 aliphatic rings. The molecule has 1 unspecified atom stereocenters. The van der Waals surface area contributed by atoms with Crippen molar-refractivity contribution in [2.45, 2.75) is 0 Å². The summed E-state index contributed by atoms with van der Waals surface area (Å²) in [7, 11) is -3.23. The van der Waals surface area contributed by atoms with E-state index in [0.29, 0.717) is 19.6 Å². The van der Waals surface area contributed by atoms with E-state index in [0.717, 1.165) is 6.26 Å². The number of nitrogens with two attached hydrogens (primary N) is 1.